The molecule has 1 saturated heterocycles. The molecule has 126 valence electrons. The molecule has 0 spiro atoms. The Morgan fingerprint density at radius 2 is 2.04 bits per heavy atom. The average Bonchev–Trinajstić information content (AvgIpc) is 3.24. The number of aromatic amines is 2. The molecule has 0 bridgehead atoms. The van der Waals surface area contributed by atoms with E-state index < -0.39 is 0 Å². The molecule has 1 aliphatic rings. The normalized spacial score (nSPS) is 15.9. The molecule has 2 aromatic heterocycles. The van der Waals surface area contributed by atoms with Crippen LogP contribution in [0.4, 0.5) is 11.9 Å². The number of rotatable bonds is 5. The Morgan fingerprint density at radius 1 is 1.17 bits per heavy atom. The van der Waals surface area contributed by atoms with E-state index in [-0.39, 0.29) is 0 Å². The van der Waals surface area contributed by atoms with Gasteiger partial charge in [-0.3, -0.25) is 4.90 Å². The summed E-state index contributed by atoms with van der Waals surface area (Å²) in [4.78, 5) is 11.9. The van der Waals surface area contributed by atoms with E-state index in [1.165, 1.54) is 5.39 Å². The van der Waals surface area contributed by atoms with Gasteiger partial charge in [-0.25, -0.2) is 5.10 Å². The molecule has 4 N–H and O–H groups in total. The predicted octanol–water partition coefficient (Wildman–Crippen LogP) is 1.07. The van der Waals surface area contributed by atoms with Gasteiger partial charge in [-0.15, -0.1) is 5.10 Å². The minimum atomic E-state index is 0.361. The van der Waals surface area contributed by atoms with Crippen LogP contribution in [0.15, 0.2) is 30.5 Å². The second-order valence-electron chi connectivity index (χ2n) is 5.92. The summed E-state index contributed by atoms with van der Waals surface area (Å²) in [6, 6.07) is 8.17. The number of nitrogen functional groups attached to an aromatic ring is 1. The Balaban J connectivity index is 1.24. The van der Waals surface area contributed by atoms with Crippen molar-refractivity contribution in [3.05, 3.63) is 30.5 Å². The fourth-order valence-corrected chi connectivity index (χ4v) is 2.99. The summed E-state index contributed by atoms with van der Waals surface area (Å²) in [5, 5.41) is 7.96. The van der Waals surface area contributed by atoms with Crippen molar-refractivity contribution >= 4 is 22.8 Å². The number of aromatic nitrogens is 4. The number of nitrogens with zero attached hydrogens (tertiary/aromatic N) is 4. The molecular formula is C16H21N7O. The number of fused-ring (bicyclic) bond motifs is 1. The second-order valence-corrected chi connectivity index (χ2v) is 5.92. The average molecular weight is 327 g/mol. The smallest absolute Gasteiger partial charge is 0.246 e. The van der Waals surface area contributed by atoms with Gasteiger partial charge in [0.25, 0.3) is 0 Å². The van der Waals surface area contributed by atoms with Crippen molar-refractivity contribution in [2.45, 2.75) is 0 Å². The Morgan fingerprint density at radius 3 is 2.83 bits per heavy atom. The van der Waals surface area contributed by atoms with E-state index in [4.69, 9.17) is 10.5 Å². The van der Waals surface area contributed by atoms with Gasteiger partial charge < -0.3 is 20.4 Å². The van der Waals surface area contributed by atoms with E-state index in [0.717, 1.165) is 44.0 Å². The zero-order valence-corrected chi connectivity index (χ0v) is 13.4. The molecule has 0 saturated carbocycles. The molecular weight excluding hydrogens is 306 g/mol. The summed E-state index contributed by atoms with van der Waals surface area (Å²) in [5.41, 5.74) is 6.71. The fourth-order valence-electron chi connectivity index (χ4n) is 2.99. The first kappa shape index (κ1) is 14.8. The number of nitrogens with two attached hydrogens (primary N) is 1. The quantitative estimate of drug-likeness (QED) is 0.648. The number of hydrogen-bond acceptors (Lipinski definition) is 6. The highest BCUT2D eigenvalue weighted by molar-refractivity contribution is 5.80. The van der Waals surface area contributed by atoms with Crippen LogP contribution in [0.2, 0.25) is 0 Å². The van der Waals surface area contributed by atoms with Crippen molar-refractivity contribution in [3.63, 3.8) is 0 Å². The molecule has 8 heteroatoms. The molecule has 0 amide bonds. The van der Waals surface area contributed by atoms with Crippen molar-refractivity contribution in [1.82, 2.24) is 25.1 Å². The summed E-state index contributed by atoms with van der Waals surface area (Å²) < 4.78 is 5.89. The number of nitrogens with one attached hydrogen (secondary N) is 2. The molecule has 24 heavy (non-hydrogen) atoms. The number of benzene rings is 1. The maximum Gasteiger partial charge on any atom is 0.246 e. The van der Waals surface area contributed by atoms with Crippen LogP contribution in [0.3, 0.4) is 0 Å². The highest BCUT2D eigenvalue weighted by atomic mass is 16.5. The predicted molar refractivity (Wildman–Crippen MR) is 93.2 cm³/mol. The van der Waals surface area contributed by atoms with Crippen LogP contribution in [0.1, 0.15) is 0 Å². The lowest BCUT2D eigenvalue weighted by Crippen LogP contribution is -2.47. The van der Waals surface area contributed by atoms with E-state index in [2.05, 4.69) is 42.1 Å². The number of ether oxygens (including phenoxy) is 1. The SMILES string of the molecule is Nc1nc(N2CCN(CCOc3ccc4[nH]ccc4c3)CC2)n[nH]1. The Kier molecular flexibility index (Phi) is 3.96. The van der Waals surface area contributed by atoms with Crippen LogP contribution in [0, 0.1) is 0 Å². The van der Waals surface area contributed by atoms with Crippen molar-refractivity contribution in [3.8, 4) is 5.75 Å². The number of anilines is 2. The molecule has 4 rings (SSSR count). The molecule has 1 fully saturated rings. The van der Waals surface area contributed by atoms with Crippen LogP contribution >= 0.6 is 0 Å². The molecule has 0 radical (unpaired) electrons. The van der Waals surface area contributed by atoms with Gasteiger partial charge in [0.1, 0.15) is 12.4 Å². The molecule has 8 nitrogen and oxygen atoms in total. The number of H-pyrrole nitrogens is 2. The molecule has 3 heterocycles. The van der Waals surface area contributed by atoms with Crippen LogP contribution < -0.4 is 15.4 Å². The Labute approximate surface area is 139 Å². The molecule has 0 aliphatic carbocycles. The third-order valence-electron chi connectivity index (χ3n) is 4.35. The van der Waals surface area contributed by atoms with Crippen molar-refractivity contribution in [2.24, 2.45) is 0 Å². The van der Waals surface area contributed by atoms with Gasteiger partial charge in [0.2, 0.25) is 11.9 Å². The Hall–Kier alpha value is -2.74. The lowest BCUT2D eigenvalue weighted by molar-refractivity contribution is 0.200. The van der Waals surface area contributed by atoms with Crippen LogP contribution in [-0.4, -0.2) is 64.4 Å². The first-order chi connectivity index (χ1) is 11.8. The standard InChI is InChI=1S/C16H21N7O/c17-15-19-16(21-20-15)23-7-5-22(6-8-23)9-10-24-13-1-2-14-12(11-13)3-4-18-14/h1-4,11,18H,5-10H2,(H3,17,19,20,21). The van der Waals surface area contributed by atoms with Crippen LogP contribution in [0.5, 0.6) is 5.75 Å². The number of hydrogen-bond donors (Lipinski definition) is 3. The van der Waals surface area contributed by atoms with E-state index in [0.29, 0.717) is 18.5 Å². The summed E-state index contributed by atoms with van der Waals surface area (Å²) >= 11 is 0. The van der Waals surface area contributed by atoms with E-state index >= 15 is 0 Å². The lowest BCUT2D eigenvalue weighted by atomic mass is 10.2. The summed E-state index contributed by atoms with van der Waals surface area (Å²) in [7, 11) is 0. The highest BCUT2D eigenvalue weighted by Gasteiger charge is 2.19. The summed E-state index contributed by atoms with van der Waals surface area (Å²) in [6.07, 6.45) is 1.94. The molecule has 0 unspecified atom stereocenters. The van der Waals surface area contributed by atoms with Crippen molar-refractivity contribution in [1.29, 1.82) is 0 Å². The lowest BCUT2D eigenvalue weighted by Gasteiger charge is -2.33. The first-order valence-corrected chi connectivity index (χ1v) is 8.13. The topological polar surface area (TPSA) is 99.1 Å². The fraction of sp³-hybridized carbons (Fsp3) is 0.375. The van der Waals surface area contributed by atoms with Gasteiger partial charge in [-0.2, -0.15) is 4.98 Å². The monoisotopic (exact) mass is 327 g/mol. The first-order valence-electron chi connectivity index (χ1n) is 8.13. The minimum Gasteiger partial charge on any atom is -0.492 e. The van der Waals surface area contributed by atoms with Gasteiger partial charge in [0.05, 0.1) is 0 Å². The second kappa shape index (κ2) is 6.40. The van der Waals surface area contributed by atoms with Crippen molar-refractivity contribution in [2.75, 3.05) is 50.0 Å². The third kappa shape index (κ3) is 3.13. The number of piperazine rings is 1. The van der Waals surface area contributed by atoms with Gasteiger partial charge in [-0.1, -0.05) is 0 Å². The minimum absolute atomic E-state index is 0.361. The van der Waals surface area contributed by atoms with E-state index in [9.17, 15) is 0 Å². The van der Waals surface area contributed by atoms with Gasteiger partial charge >= 0.3 is 0 Å². The molecule has 3 aromatic rings. The van der Waals surface area contributed by atoms with E-state index in [1.807, 2.05) is 18.3 Å². The molecule has 1 aromatic carbocycles. The zero-order valence-electron chi connectivity index (χ0n) is 13.4. The third-order valence-corrected chi connectivity index (χ3v) is 4.35. The van der Waals surface area contributed by atoms with Gasteiger partial charge in [-0.05, 0) is 24.3 Å². The highest BCUT2D eigenvalue weighted by Crippen LogP contribution is 2.19. The van der Waals surface area contributed by atoms with Crippen LogP contribution in [-0.2, 0) is 0 Å². The van der Waals surface area contributed by atoms with Gasteiger partial charge in [0, 0.05) is 49.8 Å². The van der Waals surface area contributed by atoms with E-state index in [1.54, 1.807) is 0 Å². The molecule has 0 atom stereocenters. The molecule has 1 aliphatic heterocycles. The maximum atomic E-state index is 5.89. The van der Waals surface area contributed by atoms with Gasteiger partial charge in [0.15, 0.2) is 0 Å². The maximum absolute atomic E-state index is 5.89. The summed E-state index contributed by atoms with van der Waals surface area (Å²) in [5.74, 6) is 1.96. The largest absolute Gasteiger partial charge is 0.492 e. The van der Waals surface area contributed by atoms with Crippen LogP contribution in [0.25, 0.3) is 10.9 Å². The van der Waals surface area contributed by atoms with Crippen molar-refractivity contribution < 1.29 is 4.74 Å². The zero-order chi connectivity index (χ0) is 16.4. The summed E-state index contributed by atoms with van der Waals surface area (Å²) in [6.45, 7) is 5.32. The Bertz CT molecular complexity index is 803.